The lowest BCUT2D eigenvalue weighted by molar-refractivity contribution is -0.139. The molecule has 6 nitrogen and oxygen atoms in total. The Morgan fingerprint density at radius 3 is 2.68 bits per heavy atom. The van der Waals surface area contributed by atoms with E-state index in [1.807, 2.05) is 6.07 Å². The van der Waals surface area contributed by atoms with Crippen molar-refractivity contribution in [2.24, 2.45) is 0 Å². The minimum atomic E-state index is -0.940. The van der Waals surface area contributed by atoms with Crippen molar-refractivity contribution in [1.29, 1.82) is 0 Å². The van der Waals surface area contributed by atoms with E-state index in [0.29, 0.717) is 18.8 Å². The molecule has 0 saturated carbocycles. The number of hydrogen-bond donors (Lipinski definition) is 1. The minimum Gasteiger partial charge on any atom is -0.481 e. The normalized spacial score (nSPS) is 19.0. The largest absolute Gasteiger partial charge is 0.481 e. The van der Waals surface area contributed by atoms with Crippen molar-refractivity contribution in [3.63, 3.8) is 0 Å². The number of morpholine rings is 1. The van der Waals surface area contributed by atoms with E-state index in [0.717, 1.165) is 5.56 Å². The Morgan fingerprint density at radius 1 is 1.41 bits per heavy atom. The first-order chi connectivity index (χ1) is 10.3. The number of amides is 1. The quantitative estimate of drug-likeness (QED) is 0.919. The van der Waals surface area contributed by atoms with E-state index in [4.69, 9.17) is 9.84 Å². The van der Waals surface area contributed by atoms with Gasteiger partial charge in [0.2, 0.25) is 0 Å². The zero-order valence-electron chi connectivity index (χ0n) is 13.2. The van der Waals surface area contributed by atoms with Crippen LogP contribution < -0.4 is 0 Å². The van der Waals surface area contributed by atoms with Gasteiger partial charge in [0.1, 0.15) is 5.69 Å². The number of aromatic nitrogens is 1. The van der Waals surface area contributed by atoms with Gasteiger partial charge in [-0.25, -0.2) is 0 Å². The molecule has 6 heteroatoms. The predicted octanol–water partition coefficient (Wildman–Crippen LogP) is 1.69. The van der Waals surface area contributed by atoms with Gasteiger partial charge >= 0.3 is 5.97 Å². The fraction of sp³-hybridized carbons (Fsp3) is 0.562. The first-order valence-corrected chi connectivity index (χ1v) is 7.36. The van der Waals surface area contributed by atoms with Gasteiger partial charge in [0, 0.05) is 12.7 Å². The zero-order chi connectivity index (χ0) is 16.3. The van der Waals surface area contributed by atoms with Gasteiger partial charge in [0.05, 0.1) is 25.7 Å². The van der Waals surface area contributed by atoms with E-state index in [-0.39, 0.29) is 24.3 Å². The second-order valence-electron chi connectivity index (χ2n) is 6.51. The summed E-state index contributed by atoms with van der Waals surface area (Å²) in [5, 5.41) is 8.95. The molecule has 1 aliphatic rings. The minimum absolute atomic E-state index is 0.0284. The van der Waals surface area contributed by atoms with Crippen molar-refractivity contribution in [1.82, 2.24) is 9.88 Å². The molecule has 1 amide bonds. The van der Waals surface area contributed by atoms with E-state index in [2.05, 4.69) is 25.8 Å². The molecule has 1 aliphatic heterocycles. The van der Waals surface area contributed by atoms with Crippen LogP contribution >= 0.6 is 0 Å². The molecule has 1 fully saturated rings. The molecule has 0 aromatic carbocycles. The molecule has 2 heterocycles. The maximum absolute atomic E-state index is 12.6. The van der Waals surface area contributed by atoms with Crippen LogP contribution in [0.3, 0.4) is 0 Å². The summed E-state index contributed by atoms with van der Waals surface area (Å²) >= 11 is 0. The number of nitrogens with zero attached hydrogens (tertiary/aromatic N) is 2. The average molecular weight is 306 g/mol. The van der Waals surface area contributed by atoms with Crippen LogP contribution in [0.15, 0.2) is 18.3 Å². The third-order valence-electron chi connectivity index (χ3n) is 3.75. The smallest absolute Gasteiger partial charge is 0.305 e. The highest BCUT2D eigenvalue weighted by atomic mass is 16.5. The van der Waals surface area contributed by atoms with Gasteiger partial charge < -0.3 is 14.7 Å². The van der Waals surface area contributed by atoms with Crippen LogP contribution in [0, 0.1) is 0 Å². The summed E-state index contributed by atoms with van der Waals surface area (Å²) in [5.74, 6) is -1.18. The standard InChI is InChI=1S/C16H22N2O4/c1-16(2,3)11-4-5-13(17-9-11)15(21)18-6-7-22-10-12(18)8-14(19)20/h4-5,9,12H,6-8,10H2,1-3H3,(H,19,20). The third-order valence-corrected chi connectivity index (χ3v) is 3.75. The van der Waals surface area contributed by atoms with Gasteiger partial charge in [0.15, 0.2) is 0 Å². The molecule has 0 radical (unpaired) electrons. The van der Waals surface area contributed by atoms with E-state index in [9.17, 15) is 9.59 Å². The summed E-state index contributed by atoms with van der Waals surface area (Å²) in [7, 11) is 0. The summed E-state index contributed by atoms with van der Waals surface area (Å²) < 4.78 is 5.29. The van der Waals surface area contributed by atoms with Crippen LogP contribution in [0.25, 0.3) is 0 Å². The van der Waals surface area contributed by atoms with E-state index in [1.165, 1.54) is 0 Å². The van der Waals surface area contributed by atoms with Crippen molar-refractivity contribution < 1.29 is 19.4 Å². The zero-order valence-corrected chi connectivity index (χ0v) is 13.2. The summed E-state index contributed by atoms with van der Waals surface area (Å²) in [6, 6.07) is 3.16. The second kappa shape index (κ2) is 6.44. The molecule has 1 saturated heterocycles. The van der Waals surface area contributed by atoms with Crippen LogP contribution in [0.5, 0.6) is 0 Å². The highest BCUT2D eigenvalue weighted by Gasteiger charge is 2.30. The molecular formula is C16H22N2O4. The number of carboxylic acids is 1. The molecular weight excluding hydrogens is 284 g/mol. The fourth-order valence-electron chi connectivity index (χ4n) is 2.40. The van der Waals surface area contributed by atoms with Crippen molar-refractivity contribution in [2.75, 3.05) is 19.8 Å². The molecule has 22 heavy (non-hydrogen) atoms. The summed E-state index contributed by atoms with van der Waals surface area (Å²) in [4.78, 5) is 29.3. The Morgan fingerprint density at radius 2 is 2.14 bits per heavy atom. The first kappa shape index (κ1) is 16.4. The third kappa shape index (κ3) is 3.82. The lowest BCUT2D eigenvalue weighted by Gasteiger charge is -2.34. The Labute approximate surface area is 130 Å². The van der Waals surface area contributed by atoms with Gasteiger partial charge in [0.25, 0.3) is 5.91 Å². The number of ether oxygens (including phenoxy) is 1. The highest BCUT2D eigenvalue weighted by Crippen LogP contribution is 2.22. The number of pyridine rings is 1. The van der Waals surface area contributed by atoms with Crippen molar-refractivity contribution in [3.05, 3.63) is 29.6 Å². The highest BCUT2D eigenvalue weighted by molar-refractivity contribution is 5.92. The van der Waals surface area contributed by atoms with Crippen molar-refractivity contribution in [2.45, 2.75) is 38.6 Å². The predicted molar refractivity (Wildman–Crippen MR) is 80.8 cm³/mol. The number of carboxylic acid groups (broad SMARTS) is 1. The average Bonchev–Trinajstić information content (AvgIpc) is 2.46. The van der Waals surface area contributed by atoms with Gasteiger partial charge in [-0.05, 0) is 17.0 Å². The molecule has 1 aromatic rings. The molecule has 1 atom stereocenters. The number of carbonyl (C=O) groups is 2. The van der Waals surface area contributed by atoms with Crippen LogP contribution in [0.2, 0.25) is 0 Å². The molecule has 2 rings (SSSR count). The SMILES string of the molecule is CC(C)(C)c1ccc(C(=O)N2CCOCC2CC(=O)O)nc1. The van der Waals surface area contributed by atoms with E-state index in [1.54, 1.807) is 17.2 Å². The topological polar surface area (TPSA) is 79.7 Å². The maximum Gasteiger partial charge on any atom is 0.305 e. The lowest BCUT2D eigenvalue weighted by atomic mass is 9.88. The molecule has 1 aromatic heterocycles. The first-order valence-electron chi connectivity index (χ1n) is 7.36. The molecule has 1 unspecified atom stereocenters. The molecule has 120 valence electrons. The van der Waals surface area contributed by atoms with E-state index >= 15 is 0 Å². The van der Waals surface area contributed by atoms with Gasteiger partial charge in [-0.1, -0.05) is 26.8 Å². The Hall–Kier alpha value is -1.95. The molecule has 1 N–H and O–H groups in total. The summed E-state index contributed by atoms with van der Waals surface area (Å²) in [5.41, 5.74) is 1.36. The van der Waals surface area contributed by atoms with Gasteiger partial charge in [-0.15, -0.1) is 0 Å². The number of hydrogen-bond acceptors (Lipinski definition) is 4. The molecule has 0 aliphatic carbocycles. The number of rotatable bonds is 3. The van der Waals surface area contributed by atoms with E-state index < -0.39 is 12.0 Å². The van der Waals surface area contributed by atoms with Crippen molar-refractivity contribution in [3.8, 4) is 0 Å². The maximum atomic E-state index is 12.6. The molecule has 0 spiro atoms. The van der Waals surface area contributed by atoms with Crippen LogP contribution in [0.4, 0.5) is 0 Å². The Balaban J connectivity index is 2.16. The van der Waals surface area contributed by atoms with Crippen LogP contribution in [0.1, 0.15) is 43.2 Å². The number of carbonyl (C=O) groups excluding carboxylic acids is 1. The van der Waals surface area contributed by atoms with Gasteiger partial charge in [-0.3, -0.25) is 14.6 Å². The second-order valence-corrected chi connectivity index (χ2v) is 6.51. The summed E-state index contributed by atoms with van der Waals surface area (Å²) in [6.45, 7) is 7.29. The van der Waals surface area contributed by atoms with Crippen molar-refractivity contribution >= 4 is 11.9 Å². The Bertz CT molecular complexity index is 548. The molecule has 0 bridgehead atoms. The van der Waals surface area contributed by atoms with Crippen LogP contribution in [-0.2, 0) is 14.9 Å². The van der Waals surface area contributed by atoms with Crippen LogP contribution in [-0.4, -0.2) is 52.7 Å². The Kier molecular flexibility index (Phi) is 4.81. The monoisotopic (exact) mass is 306 g/mol. The van der Waals surface area contributed by atoms with Gasteiger partial charge in [-0.2, -0.15) is 0 Å². The summed E-state index contributed by atoms with van der Waals surface area (Å²) in [6.07, 6.45) is 1.59. The number of aliphatic carboxylic acids is 1. The lowest BCUT2D eigenvalue weighted by Crippen LogP contribution is -2.49. The fourth-order valence-corrected chi connectivity index (χ4v) is 2.40.